The molecule has 3 heteroatoms. The molecule has 1 saturated carbocycles. The maximum absolute atomic E-state index is 3.60. The molecule has 0 aliphatic heterocycles. The van der Waals surface area contributed by atoms with Gasteiger partial charge in [0.05, 0.1) is 6.04 Å². The Bertz CT molecular complexity index is 278. The minimum absolute atomic E-state index is 0.565. The molecule has 0 amide bonds. The molecule has 1 N–H and O–H groups in total. The van der Waals surface area contributed by atoms with Crippen molar-refractivity contribution in [2.75, 3.05) is 12.3 Å². The summed E-state index contributed by atoms with van der Waals surface area (Å²) in [5.41, 5.74) is 0. The Balaban J connectivity index is 1.82. The lowest BCUT2D eigenvalue weighted by Crippen LogP contribution is -2.22. The molecule has 0 radical (unpaired) electrons. The average Bonchev–Trinajstić information content (AvgIpc) is 2.96. The van der Waals surface area contributed by atoms with Crippen LogP contribution in [0, 0.1) is 0 Å². The second kappa shape index (κ2) is 6.67. The molecule has 1 heterocycles. The van der Waals surface area contributed by atoms with Gasteiger partial charge in [0.15, 0.2) is 0 Å². The van der Waals surface area contributed by atoms with Crippen LogP contribution in [0.25, 0.3) is 0 Å². The van der Waals surface area contributed by atoms with Gasteiger partial charge in [-0.25, -0.2) is 0 Å². The standard InChI is InChI=1S/C13H21NS2/c1-2-14-12(13-8-5-9-15-13)10-16-11-6-3-4-7-11/h5,8-9,11-12,14H,2-4,6-7,10H2,1H3. The average molecular weight is 255 g/mol. The summed E-state index contributed by atoms with van der Waals surface area (Å²) >= 11 is 4.05. The third-order valence-electron chi connectivity index (χ3n) is 3.14. The van der Waals surface area contributed by atoms with Crippen molar-refractivity contribution in [3.63, 3.8) is 0 Å². The van der Waals surface area contributed by atoms with E-state index in [-0.39, 0.29) is 0 Å². The Morgan fingerprint density at radius 1 is 1.50 bits per heavy atom. The summed E-state index contributed by atoms with van der Waals surface area (Å²) in [4.78, 5) is 1.49. The lowest BCUT2D eigenvalue weighted by molar-refractivity contribution is 0.614. The van der Waals surface area contributed by atoms with E-state index in [0.717, 1.165) is 11.8 Å². The smallest absolute Gasteiger partial charge is 0.0506 e. The molecule has 90 valence electrons. The molecule has 1 aliphatic rings. The quantitative estimate of drug-likeness (QED) is 0.822. The molecule has 1 atom stereocenters. The Kier molecular flexibility index (Phi) is 5.20. The first-order chi connectivity index (χ1) is 7.90. The number of hydrogen-bond donors (Lipinski definition) is 1. The Morgan fingerprint density at radius 2 is 2.31 bits per heavy atom. The van der Waals surface area contributed by atoms with Crippen molar-refractivity contribution < 1.29 is 0 Å². The maximum atomic E-state index is 3.60. The summed E-state index contributed by atoms with van der Waals surface area (Å²) in [6.45, 7) is 3.26. The van der Waals surface area contributed by atoms with Gasteiger partial charge in [0, 0.05) is 15.9 Å². The van der Waals surface area contributed by atoms with E-state index < -0.39 is 0 Å². The number of hydrogen-bond acceptors (Lipinski definition) is 3. The van der Waals surface area contributed by atoms with Gasteiger partial charge in [-0.2, -0.15) is 11.8 Å². The third-order valence-corrected chi connectivity index (χ3v) is 5.59. The fourth-order valence-electron chi connectivity index (χ4n) is 2.26. The van der Waals surface area contributed by atoms with E-state index in [1.54, 1.807) is 0 Å². The fraction of sp³-hybridized carbons (Fsp3) is 0.692. The van der Waals surface area contributed by atoms with Crippen LogP contribution in [0.2, 0.25) is 0 Å². The van der Waals surface area contributed by atoms with E-state index in [4.69, 9.17) is 0 Å². The Hall–Kier alpha value is 0.01000. The molecule has 1 aromatic rings. The minimum Gasteiger partial charge on any atom is -0.309 e. The summed E-state index contributed by atoms with van der Waals surface area (Å²) in [5, 5.41) is 6.71. The first-order valence-electron chi connectivity index (χ1n) is 6.28. The third kappa shape index (κ3) is 3.51. The molecule has 0 aromatic carbocycles. The van der Waals surface area contributed by atoms with Crippen LogP contribution in [0.3, 0.4) is 0 Å². The molecule has 2 rings (SSSR count). The SMILES string of the molecule is CCNC(CSC1CCCC1)c1cccs1. The van der Waals surface area contributed by atoms with Crippen LogP contribution in [-0.2, 0) is 0 Å². The van der Waals surface area contributed by atoms with Gasteiger partial charge in [-0.1, -0.05) is 25.8 Å². The summed E-state index contributed by atoms with van der Waals surface area (Å²) in [6, 6.07) is 4.98. The van der Waals surface area contributed by atoms with E-state index in [9.17, 15) is 0 Å². The van der Waals surface area contributed by atoms with Crippen LogP contribution in [0.15, 0.2) is 17.5 Å². The lowest BCUT2D eigenvalue weighted by Gasteiger charge is -2.18. The van der Waals surface area contributed by atoms with Crippen LogP contribution < -0.4 is 5.32 Å². The van der Waals surface area contributed by atoms with Gasteiger partial charge in [-0.3, -0.25) is 0 Å². The molecule has 16 heavy (non-hydrogen) atoms. The first kappa shape index (κ1) is 12.5. The molecular formula is C13H21NS2. The van der Waals surface area contributed by atoms with Crippen LogP contribution >= 0.6 is 23.1 Å². The summed E-state index contributed by atoms with van der Waals surface area (Å²) < 4.78 is 0. The highest BCUT2D eigenvalue weighted by Gasteiger charge is 2.18. The molecular weight excluding hydrogens is 234 g/mol. The van der Waals surface area contributed by atoms with Gasteiger partial charge >= 0.3 is 0 Å². The van der Waals surface area contributed by atoms with Crippen LogP contribution in [0.5, 0.6) is 0 Å². The largest absolute Gasteiger partial charge is 0.309 e. The monoisotopic (exact) mass is 255 g/mol. The summed E-state index contributed by atoms with van der Waals surface area (Å²) in [5.74, 6) is 1.24. The van der Waals surface area contributed by atoms with Crippen molar-refractivity contribution in [2.45, 2.75) is 43.9 Å². The molecule has 1 fully saturated rings. The zero-order valence-electron chi connectivity index (χ0n) is 9.95. The van der Waals surface area contributed by atoms with Gasteiger partial charge in [0.1, 0.15) is 0 Å². The normalized spacial score (nSPS) is 19.1. The van der Waals surface area contributed by atoms with Gasteiger partial charge in [-0.15, -0.1) is 11.3 Å². The molecule has 0 spiro atoms. The minimum atomic E-state index is 0.565. The van der Waals surface area contributed by atoms with E-state index in [1.165, 1.54) is 36.3 Å². The number of rotatable bonds is 6. The van der Waals surface area contributed by atoms with Gasteiger partial charge in [-0.05, 0) is 30.8 Å². The molecule has 1 aliphatic carbocycles. The van der Waals surface area contributed by atoms with Crippen LogP contribution in [0.1, 0.15) is 43.5 Å². The molecule has 0 saturated heterocycles. The maximum Gasteiger partial charge on any atom is 0.0506 e. The van der Waals surface area contributed by atoms with Crippen molar-refractivity contribution in [1.29, 1.82) is 0 Å². The highest BCUT2D eigenvalue weighted by molar-refractivity contribution is 7.99. The van der Waals surface area contributed by atoms with Crippen LogP contribution in [-0.4, -0.2) is 17.5 Å². The number of nitrogens with one attached hydrogen (secondary N) is 1. The number of thioether (sulfide) groups is 1. The van der Waals surface area contributed by atoms with Gasteiger partial charge in [0.2, 0.25) is 0 Å². The van der Waals surface area contributed by atoms with Crippen molar-refractivity contribution >= 4 is 23.1 Å². The predicted octanol–water partition coefficient (Wildman–Crippen LogP) is 4.07. The van der Waals surface area contributed by atoms with E-state index in [0.29, 0.717) is 6.04 Å². The summed E-state index contributed by atoms with van der Waals surface area (Å²) in [6.07, 6.45) is 5.77. The van der Waals surface area contributed by atoms with Gasteiger partial charge in [0.25, 0.3) is 0 Å². The summed E-state index contributed by atoms with van der Waals surface area (Å²) in [7, 11) is 0. The Morgan fingerprint density at radius 3 is 2.94 bits per heavy atom. The van der Waals surface area contributed by atoms with E-state index >= 15 is 0 Å². The second-order valence-electron chi connectivity index (χ2n) is 4.37. The van der Waals surface area contributed by atoms with Crippen molar-refractivity contribution in [1.82, 2.24) is 5.32 Å². The zero-order valence-corrected chi connectivity index (χ0v) is 11.6. The first-order valence-corrected chi connectivity index (χ1v) is 8.21. The second-order valence-corrected chi connectivity index (χ2v) is 6.68. The highest BCUT2D eigenvalue weighted by Crippen LogP contribution is 2.32. The van der Waals surface area contributed by atoms with Gasteiger partial charge < -0.3 is 5.32 Å². The molecule has 1 aromatic heterocycles. The molecule has 1 nitrogen and oxygen atoms in total. The molecule has 1 unspecified atom stereocenters. The van der Waals surface area contributed by atoms with Crippen molar-refractivity contribution in [3.8, 4) is 0 Å². The van der Waals surface area contributed by atoms with Crippen LogP contribution in [0.4, 0.5) is 0 Å². The van der Waals surface area contributed by atoms with Crippen molar-refractivity contribution in [2.24, 2.45) is 0 Å². The van der Waals surface area contributed by atoms with E-state index in [2.05, 4.69) is 41.5 Å². The topological polar surface area (TPSA) is 12.0 Å². The van der Waals surface area contributed by atoms with E-state index in [1.807, 2.05) is 11.3 Å². The predicted molar refractivity (Wildman–Crippen MR) is 75.5 cm³/mol. The zero-order chi connectivity index (χ0) is 11.2. The Labute approximate surface area is 107 Å². The fourth-order valence-corrected chi connectivity index (χ4v) is 4.60. The highest BCUT2D eigenvalue weighted by atomic mass is 32.2. The molecule has 0 bridgehead atoms. The van der Waals surface area contributed by atoms with Crippen molar-refractivity contribution in [3.05, 3.63) is 22.4 Å². The number of thiophene rings is 1. The lowest BCUT2D eigenvalue weighted by atomic mass is 10.3.